The lowest BCUT2D eigenvalue weighted by Crippen LogP contribution is -2.34. The summed E-state index contributed by atoms with van der Waals surface area (Å²) >= 11 is 6.30. The highest BCUT2D eigenvalue weighted by atomic mass is 35.5. The molecule has 2 fully saturated rings. The quantitative estimate of drug-likeness (QED) is 0.345. The van der Waals surface area contributed by atoms with Gasteiger partial charge in [0.05, 0.1) is 12.5 Å². The van der Waals surface area contributed by atoms with Gasteiger partial charge in [0.2, 0.25) is 11.8 Å². The molecule has 2 aliphatic carbocycles. The van der Waals surface area contributed by atoms with Crippen molar-refractivity contribution in [3.8, 4) is 5.75 Å². The number of amides is 2. The Morgan fingerprint density at radius 1 is 1.02 bits per heavy atom. The Morgan fingerprint density at radius 3 is 2.48 bits per heavy atom. The van der Waals surface area contributed by atoms with Gasteiger partial charge in [-0.1, -0.05) is 36.7 Å². The fourth-order valence-electron chi connectivity index (χ4n) is 6.67. The van der Waals surface area contributed by atoms with Crippen LogP contribution >= 0.6 is 11.6 Å². The van der Waals surface area contributed by atoms with Crippen molar-refractivity contribution < 1.29 is 24.2 Å². The molecule has 1 saturated carbocycles. The predicted molar refractivity (Wildman–Crippen MR) is 153 cm³/mol. The van der Waals surface area contributed by atoms with Crippen LogP contribution in [0, 0.1) is 11.8 Å². The average Bonchev–Trinajstić information content (AvgIpc) is 3.51. The Kier molecular flexibility index (Phi) is 9.11. The van der Waals surface area contributed by atoms with Crippen molar-refractivity contribution in [2.75, 3.05) is 19.7 Å². The van der Waals surface area contributed by atoms with E-state index in [1.807, 2.05) is 12.1 Å². The van der Waals surface area contributed by atoms with E-state index in [0.717, 1.165) is 74.4 Å². The van der Waals surface area contributed by atoms with Crippen molar-refractivity contribution in [3.63, 3.8) is 0 Å². The molecule has 0 aromatic heterocycles. The van der Waals surface area contributed by atoms with E-state index in [1.54, 1.807) is 0 Å². The third-order valence-corrected chi connectivity index (χ3v) is 9.13. The highest BCUT2D eigenvalue weighted by molar-refractivity contribution is 6.30. The predicted octanol–water partition coefficient (Wildman–Crippen LogP) is 5.81. The number of rotatable bonds is 11. The Bertz CT molecular complexity index is 1240. The van der Waals surface area contributed by atoms with E-state index in [2.05, 4.69) is 36.1 Å². The van der Waals surface area contributed by atoms with Crippen LogP contribution in [0.1, 0.15) is 80.2 Å². The van der Waals surface area contributed by atoms with E-state index >= 15 is 0 Å². The summed E-state index contributed by atoms with van der Waals surface area (Å²) < 4.78 is 6.03. The number of carbonyl (C=O) groups is 3. The van der Waals surface area contributed by atoms with Crippen LogP contribution in [-0.4, -0.2) is 52.4 Å². The number of aliphatic carboxylic acids is 1. The summed E-state index contributed by atoms with van der Waals surface area (Å²) in [5, 5.41) is 10.2. The first-order valence-electron chi connectivity index (χ1n) is 14.6. The molecule has 40 heavy (non-hydrogen) atoms. The number of carboxylic acid groups (broad SMARTS) is 1. The van der Waals surface area contributed by atoms with Crippen molar-refractivity contribution in [2.45, 2.75) is 77.3 Å². The Morgan fingerprint density at radius 2 is 1.77 bits per heavy atom. The fourth-order valence-corrected chi connectivity index (χ4v) is 6.87. The summed E-state index contributed by atoms with van der Waals surface area (Å²) in [7, 11) is 0. The molecule has 1 heterocycles. The topological polar surface area (TPSA) is 87.2 Å². The third-order valence-electron chi connectivity index (χ3n) is 8.90. The van der Waals surface area contributed by atoms with Crippen LogP contribution in [0.2, 0.25) is 5.02 Å². The standard InChI is InChI=1S/C32H39ClN2O5/c1-2-23-17-22(5-12-29(23)40-16-15-35-30(36)13-14-31(35)37)20-34(19-21-3-6-24(7-4-21)32(38)39)28-11-8-25-18-26(33)9-10-27(25)28/h5,9-10,12,17-18,21,24,28H,2-4,6-8,11,13-16,19-20H2,1H3,(H,38,39)/t21-,24-,28-/m0/s1. The number of hydrogen-bond donors (Lipinski definition) is 1. The van der Waals surface area contributed by atoms with Crippen molar-refractivity contribution >= 4 is 29.4 Å². The molecule has 2 amide bonds. The van der Waals surface area contributed by atoms with Crippen molar-refractivity contribution in [2.24, 2.45) is 11.8 Å². The number of hydrogen-bond acceptors (Lipinski definition) is 5. The zero-order valence-corrected chi connectivity index (χ0v) is 24.0. The van der Waals surface area contributed by atoms with Gasteiger partial charge in [-0.2, -0.15) is 0 Å². The van der Waals surface area contributed by atoms with Gasteiger partial charge in [0.15, 0.2) is 0 Å². The lowest BCUT2D eigenvalue weighted by molar-refractivity contribution is -0.143. The highest BCUT2D eigenvalue weighted by Gasteiger charge is 2.33. The number of halogens is 1. The summed E-state index contributed by atoms with van der Waals surface area (Å²) in [4.78, 5) is 39.2. The van der Waals surface area contributed by atoms with Gasteiger partial charge in [0.25, 0.3) is 0 Å². The van der Waals surface area contributed by atoms with Crippen LogP contribution in [-0.2, 0) is 33.8 Å². The Hall–Kier alpha value is -2.90. The second kappa shape index (κ2) is 12.7. The van der Waals surface area contributed by atoms with Crippen molar-refractivity contribution in [1.29, 1.82) is 0 Å². The molecular weight excluding hydrogens is 528 g/mol. The average molecular weight is 567 g/mol. The summed E-state index contributed by atoms with van der Waals surface area (Å²) in [6.45, 7) is 4.42. The first-order valence-corrected chi connectivity index (χ1v) is 15.0. The minimum absolute atomic E-state index is 0.119. The van der Waals surface area contributed by atoms with Gasteiger partial charge >= 0.3 is 5.97 Å². The molecule has 3 aliphatic rings. The van der Waals surface area contributed by atoms with Gasteiger partial charge in [-0.25, -0.2) is 0 Å². The number of nitrogens with zero attached hydrogens (tertiary/aromatic N) is 2. The van der Waals surface area contributed by atoms with Crippen LogP contribution in [0.4, 0.5) is 0 Å². The van der Waals surface area contributed by atoms with Crippen LogP contribution in [0.25, 0.3) is 0 Å². The van der Waals surface area contributed by atoms with E-state index < -0.39 is 5.97 Å². The first kappa shape index (κ1) is 28.6. The zero-order valence-electron chi connectivity index (χ0n) is 23.2. The van der Waals surface area contributed by atoms with Gasteiger partial charge in [0.1, 0.15) is 12.4 Å². The molecule has 8 heteroatoms. The number of likely N-dealkylation sites (tertiary alicyclic amines) is 1. The molecule has 214 valence electrons. The van der Waals surface area contributed by atoms with Gasteiger partial charge in [-0.3, -0.25) is 24.2 Å². The van der Waals surface area contributed by atoms with Crippen molar-refractivity contribution in [3.05, 3.63) is 63.7 Å². The molecule has 0 spiro atoms. The van der Waals surface area contributed by atoms with E-state index in [1.165, 1.54) is 21.6 Å². The molecule has 7 nitrogen and oxygen atoms in total. The maximum atomic E-state index is 11.9. The number of ether oxygens (including phenoxy) is 1. The van der Waals surface area contributed by atoms with Crippen LogP contribution < -0.4 is 4.74 Å². The molecule has 1 aliphatic heterocycles. The second-order valence-corrected chi connectivity index (χ2v) is 11.9. The van der Waals surface area contributed by atoms with Gasteiger partial charge in [-0.05, 0) is 91.3 Å². The summed E-state index contributed by atoms with van der Waals surface area (Å²) in [6, 6.07) is 12.9. The van der Waals surface area contributed by atoms with Crippen molar-refractivity contribution in [1.82, 2.24) is 9.80 Å². The van der Waals surface area contributed by atoms with Crippen LogP contribution in [0.5, 0.6) is 5.75 Å². The lowest BCUT2D eigenvalue weighted by atomic mass is 9.81. The summed E-state index contributed by atoms with van der Waals surface area (Å²) in [6.07, 6.45) is 6.87. The van der Waals surface area contributed by atoms with Gasteiger partial charge < -0.3 is 9.84 Å². The molecular formula is C32H39ClN2O5. The van der Waals surface area contributed by atoms with Gasteiger partial charge in [0, 0.05) is 37.0 Å². The van der Waals surface area contributed by atoms with E-state index in [0.29, 0.717) is 24.8 Å². The monoisotopic (exact) mass is 566 g/mol. The van der Waals surface area contributed by atoms with Crippen LogP contribution in [0.15, 0.2) is 36.4 Å². The minimum atomic E-state index is -0.662. The number of carboxylic acids is 1. The normalized spacial score (nSPS) is 22.7. The first-order chi connectivity index (χ1) is 19.3. The van der Waals surface area contributed by atoms with E-state index in [9.17, 15) is 19.5 Å². The smallest absolute Gasteiger partial charge is 0.306 e. The number of carbonyl (C=O) groups excluding carboxylic acids is 2. The number of aryl methyl sites for hydroxylation is 2. The number of fused-ring (bicyclic) bond motifs is 1. The summed E-state index contributed by atoms with van der Waals surface area (Å²) in [5.74, 6) is 0.172. The third kappa shape index (κ3) is 6.52. The molecule has 0 bridgehead atoms. The molecule has 2 aromatic carbocycles. The SMILES string of the molecule is CCc1cc(CN(C[C@H]2CC[C@H](C(=O)O)CC2)[C@H]2CCc3cc(Cl)ccc32)ccc1OCCN1C(=O)CCC1=O. The molecule has 2 aromatic rings. The number of benzene rings is 2. The molecule has 0 radical (unpaired) electrons. The Balaban J connectivity index is 1.29. The zero-order chi connectivity index (χ0) is 28.2. The molecule has 1 atom stereocenters. The fraction of sp³-hybridized carbons (Fsp3) is 0.531. The maximum Gasteiger partial charge on any atom is 0.306 e. The maximum absolute atomic E-state index is 11.9. The second-order valence-electron chi connectivity index (χ2n) is 11.5. The van der Waals surface area contributed by atoms with E-state index in [-0.39, 0.29) is 30.9 Å². The molecule has 0 unspecified atom stereocenters. The van der Waals surface area contributed by atoms with E-state index in [4.69, 9.17) is 16.3 Å². The number of imide groups is 1. The van der Waals surface area contributed by atoms with Crippen LogP contribution in [0.3, 0.4) is 0 Å². The van der Waals surface area contributed by atoms with Gasteiger partial charge in [-0.15, -0.1) is 0 Å². The summed E-state index contributed by atoms with van der Waals surface area (Å²) in [5.41, 5.74) is 5.00. The molecule has 1 saturated heterocycles. The minimum Gasteiger partial charge on any atom is -0.491 e. The largest absolute Gasteiger partial charge is 0.491 e. The molecule has 5 rings (SSSR count). The highest BCUT2D eigenvalue weighted by Crippen LogP contribution is 2.40. The molecule has 1 N–H and O–H groups in total. The lowest BCUT2D eigenvalue weighted by Gasteiger charge is -2.35. The Labute approximate surface area is 241 Å².